The molecular weight excluding hydrogens is 178 g/mol. The first-order valence-corrected chi connectivity index (χ1v) is 3.68. The van der Waals surface area contributed by atoms with Crippen molar-refractivity contribution < 1.29 is 13.5 Å². The molecule has 3 nitrogen and oxygen atoms in total. The van der Waals surface area contributed by atoms with Gasteiger partial charge < -0.3 is 10.5 Å². The summed E-state index contributed by atoms with van der Waals surface area (Å²) in [6, 6.07) is 1.44. The van der Waals surface area contributed by atoms with E-state index in [-0.39, 0.29) is 5.75 Å². The predicted octanol–water partition coefficient (Wildman–Crippen LogP) is 1.70. The van der Waals surface area contributed by atoms with Crippen LogP contribution in [0, 0.1) is 0 Å². The van der Waals surface area contributed by atoms with Gasteiger partial charge in [0.1, 0.15) is 5.75 Å². The largest absolute Gasteiger partial charge is 0.486 e. The molecule has 0 spiro atoms. The highest BCUT2D eigenvalue weighted by atomic mass is 19.3. The van der Waals surface area contributed by atoms with E-state index in [1.165, 1.54) is 18.5 Å². The number of anilines is 1. The Kier molecular flexibility index (Phi) is 2.65. The molecule has 0 amide bonds. The second-order valence-electron chi connectivity index (χ2n) is 2.81. The minimum atomic E-state index is -2.84. The molecule has 2 N–H and O–H groups in total. The Morgan fingerprint density at radius 1 is 1.54 bits per heavy atom. The molecule has 0 aliphatic heterocycles. The maximum atomic E-state index is 12.3. The minimum Gasteiger partial charge on any atom is -0.486 e. The average Bonchev–Trinajstić information content (AvgIpc) is 2.00. The summed E-state index contributed by atoms with van der Waals surface area (Å²) >= 11 is 0. The second-order valence-corrected chi connectivity index (χ2v) is 2.81. The van der Waals surface area contributed by atoms with Gasteiger partial charge in [-0.2, -0.15) is 0 Å². The second kappa shape index (κ2) is 3.55. The lowest BCUT2D eigenvalue weighted by Gasteiger charge is -2.11. The van der Waals surface area contributed by atoms with Gasteiger partial charge in [0.2, 0.25) is 0 Å². The molecule has 0 radical (unpaired) electrons. The maximum Gasteiger partial charge on any atom is 0.278 e. The van der Waals surface area contributed by atoms with Gasteiger partial charge in [0, 0.05) is 13.0 Å². The fourth-order valence-corrected chi connectivity index (χ4v) is 0.725. The molecule has 0 saturated heterocycles. The summed E-state index contributed by atoms with van der Waals surface area (Å²) in [6.07, 6.45) is 2.75. The van der Waals surface area contributed by atoms with E-state index in [0.29, 0.717) is 5.69 Å². The SMILES string of the molecule is CC(F)(F)COc1cncc(N)c1. The smallest absolute Gasteiger partial charge is 0.278 e. The van der Waals surface area contributed by atoms with Crippen LogP contribution in [0.15, 0.2) is 18.5 Å². The van der Waals surface area contributed by atoms with Crippen LogP contribution < -0.4 is 10.5 Å². The molecule has 0 aromatic carbocycles. The lowest BCUT2D eigenvalue weighted by molar-refractivity contribution is -0.0230. The van der Waals surface area contributed by atoms with Gasteiger partial charge in [0.15, 0.2) is 6.61 Å². The first-order chi connectivity index (χ1) is 5.97. The highest BCUT2D eigenvalue weighted by Gasteiger charge is 2.21. The molecule has 13 heavy (non-hydrogen) atoms. The minimum absolute atomic E-state index is 0.251. The molecule has 1 heterocycles. The number of alkyl halides is 2. The van der Waals surface area contributed by atoms with Crippen molar-refractivity contribution in [3.05, 3.63) is 18.5 Å². The number of ether oxygens (including phenoxy) is 1. The molecule has 0 aliphatic rings. The van der Waals surface area contributed by atoms with Crippen molar-refractivity contribution in [1.82, 2.24) is 4.98 Å². The Hall–Kier alpha value is -1.39. The van der Waals surface area contributed by atoms with Crippen LogP contribution in [0.2, 0.25) is 0 Å². The van der Waals surface area contributed by atoms with E-state index in [1.807, 2.05) is 0 Å². The summed E-state index contributed by atoms with van der Waals surface area (Å²) in [7, 11) is 0. The van der Waals surface area contributed by atoms with Crippen molar-refractivity contribution >= 4 is 5.69 Å². The summed E-state index contributed by atoms with van der Waals surface area (Å²) < 4.78 is 29.4. The van der Waals surface area contributed by atoms with E-state index < -0.39 is 12.5 Å². The Labute approximate surface area is 74.5 Å². The van der Waals surface area contributed by atoms with Crippen LogP contribution in [-0.4, -0.2) is 17.5 Å². The van der Waals surface area contributed by atoms with Gasteiger partial charge in [0.25, 0.3) is 5.92 Å². The number of hydrogen-bond acceptors (Lipinski definition) is 3. The molecule has 1 rings (SSSR count). The molecule has 72 valence electrons. The lowest BCUT2D eigenvalue weighted by Crippen LogP contribution is -2.20. The van der Waals surface area contributed by atoms with Crippen LogP contribution in [0.5, 0.6) is 5.75 Å². The summed E-state index contributed by atoms with van der Waals surface area (Å²) in [4.78, 5) is 3.69. The first-order valence-electron chi connectivity index (χ1n) is 3.68. The van der Waals surface area contributed by atoms with Gasteiger partial charge >= 0.3 is 0 Å². The summed E-state index contributed by atoms with van der Waals surface area (Å²) in [5, 5.41) is 0. The van der Waals surface area contributed by atoms with Crippen LogP contribution in [0.4, 0.5) is 14.5 Å². The summed E-state index contributed by atoms with van der Waals surface area (Å²) in [5.41, 5.74) is 5.75. The number of hydrogen-bond donors (Lipinski definition) is 1. The Morgan fingerprint density at radius 2 is 2.23 bits per heavy atom. The molecule has 0 fully saturated rings. The van der Waals surface area contributed by atoms with Crippen LogP contribution >= 0.6 is 0 Å². The number of nitrogen functional groups attached to an aromatic ring is 1. The van der Waals surface area contributed by atoms with Gasteiger partial charge in [-0.1, -0.05) is 0 Å². The number of rotatable bonds is 3. The zero-order valence-electron chi connectivity index (χ0n) is 7.13. The van der Waals surface area contributed by atoms with Crippen molar-refractivity contribution in [3.63, 3.8) is 0 Å². The standard InChI is InChI=1S/C8H10F2N2O/c1-8(9,10)5-13-7-2-6(11)3-12-4-7/h2-4H,5,11H2,1H3. The van der Waals surface area contributed by atoms with E-state index in [9.17, 15) is 8.78 Å². The average molecular weight is 188 g/mol. The molecule has 0 unspecified atom stereocenters. The van der Waals surface area contributed by atoms with Gasteiger partial charge in [-0.05, 0) is 0 Å². The maximum absolute atomic E-state index is 12.3. The Bertz CT molecular complexity index is 286. The fourth-order valence-electron chi connectivity index (χ4n) is 0.725. The van der Waals surface area contributed by atoms with E-state index in [2.05, 4.69) is 4.98 Å². The molecule has 0 atom stereocenters. The van der Waals surface area contributed by atoms with Crippen molar-refractivity contribution in [1.29, 1.82) is 0 Å². The lowest BCUT2D eigenvalue weighted by atomic mass is 10.4. The third kappa shape index (κ3) is 3.68. The highest BCUT2D eigenvalue weighted by Crippen LogP contribution is 2.17. The van der Waals surface area contributed by atoms with Crippen LogP contribution in [-0.2, 0) is 0 Å². The number of pyridine rings is 1. The zero-order valence-corrected chi connectivity index (χ0v) is 7.13. The topological polar surface area (TPSA) is 48.1 Å². The highest BCUT2D eigenvalue weighted by molar-refractivity contribution is 5.39. The number of halogens is 2. The third-order valence-electron chi connectivity index (χ3n) is 1.23. The van der Waals surface area contributed by atoms with Crippen molar-refractivity contribution in [2.45, 2.75) is 12.8 Å². The van der Waals surface area contributed by atoms with Crippen LogP contribution in [0.1, 0.15) is 6.92 Å². The Balaban J connectivity index is 2.55. The van der Waals surface area contributed by atoms with Gasteiger partial charge in [-0.3, -0.25) is 4.98 Å². The van der Waals surface area contributed by atoms with Gasteiger partial charge in [0.05, 0.1) is 18.1 Å². The van der Waals surface area contributed by atoms with E-state index in [1.54, 1.807) is 0 Å². The normalized spacial score (nSPS) is 11.3. The molecule has 0 saturated carbocycles. The zero-order chi connectivity index (χ0) is 9.90. The van der Waals surface area contributed by atoms with E-state index in [0.717, 1.165) is 6.92 Å². The van der Waals surface area contributed by atoms with Crippen molar-refractivity contribution in [2.75, 3.05) is 12.3 Å². The van der Waals surface area contributed by atoms with Gasteiger partial charge in [-0.15, -0.1) is 0 Å². The Morgan fingerprint density at radius 3 is 2.77 bits per heavy atom. The molecule has 5 heteroatoms. The number of nitrogens with two attached hydrogens (primary N) is 1. The van der Waals surface area contributed by atoms with Crippen molar-refractivity contribution in [3.8, 4) is 5.75 Å². The molecule has 1 aromatic rings. The molecular formula is C8H10F2N2O. The number of nitrogens with zero attached hydrogens (tertiary/aromatic N) is 1. The van der Waals surface area contributed by atoms with E-state index >= 15 is 0 Å². The number of aromatic nitrogens is 1. The molecule has 0 bridgehead atoms. The van der Waals surface area contributed by atoms with E-state index in [4.69, 9.17) is 10.5 Å². The first kappa shape index (κ1) is 9.70. The van der Waals surface area contributed by atoms with Gasteiger partial charge in [-0.25, -0.2) is 8.78 Å². The molecule has 0 aliphatic carbocycles. The summed E-state index contributed by atoms with van der Waals surface area (Å²) in [5.74, 6) is -2.59. The monoisotopic (exact) mass is 188 g/mol. The molecule has 1 aromatic heterocycles. The fraction of sp³-hybridized carbons (Fsp3) is 0.375. The van der Waals surface area contributed by atoms with Crippen molar-refractivity contribution in [2.24, 2.45) is 0 Å². The summed E-state index contributed by atoms with van der Waals surface area (Å²) in [6.45, 7) is 0.116. The van der Waals surface area contributed by atoms with Crippen LogP contribution in [0.25, 0.3) is 0 Å². The van der Waals surface area contributed by atoms with Crippen LogP contribution in [0.3, 0.4) is 0 Å². The predicted molar refractivity (Wildman–Crippen MR) is 44.8 cm³/mol. The third-order valence-corrected chi connectivity index (χ3v) is 1.23. The quantitative estimate of drug-likeness (QED) is 0.785.